The molecule has 0 fully saturated rings. The number of nitrogens with zero attached hydrogens (tertiary/aromatic N) is 1. The van der Waals surface area contributed by atoms with E-state index in [0.29, 0.717) is 6.42 Å². The molecule has 0 saturated carbocycles. The van der Waals surface area contributed by atoms with Crippen LogP contribution in [0.5, 0.6) is 0 Å². The van der Waals surface area contributed by atoms with Crippen molar-refractivity contribution in [3.05, 3.63) is 35.6 Å². The summed E-state index contributed by atoms with van der Waals surface area (Å²) in [4.78, 5) is 12.7. The van der Waals surface area contributed by atoms with Crippen molar-refractivity contribution in [3.63, 3.8) is 0 Å². The number of isocyanates is 1. The van der Waals surface area contributed by atoms with Crippen LogP contribution in [0.4, 0.5) is 4.39 Å². The second kappa shape index (κ2) is 4.87. The van der Waals surface area contributed by atoms with Gasteiger partial charge in [-0.2, -0.15) is 0 Å². The zero-order valence-electron chi connectivity index (χ0n) is 6.75. The first-order chi connectivity index (χ1) is 6.33. The van der Waals surface area contributed by atoms with E-state index in [1.807, 2.05) is 0 Å². The molecule has 0 N–H and O–H groups in total. The molecule has 0 spiro atoms. The van der Waals surface area contributed by atoms with Crippen LogP contribution in [-0.2, 0) is 11.2 Å². The quantitative estimate of drug-likeness (QED) is 0.362. The number of benzene rings is 1. The van der Waals surface area contributed by atoms with E-state index in [1.165, 1.54) is 18.2 Å². The van der Waals surface area contributed by atoms with Crippen LogP contribution in [0, 0.1) is 17.8 Å². The molecule has 3 heteroatoms. The van der Waals surface area contributed by atoms with E-state index < -0.39 is 0 Å². The van der Waals surface area contributed by atoms with Crippen molar-refractivity contribution in [2.45, 2.75) is 6.42 Å². The first kappa shape index (κ1) is 9.18. The Morgan fingerprint density at radius 1 is 1.46 bits per heavy atom. The molecule has 0 aromatic heterocycles. The summed E-state index contributed by atoms with van der Waals surface area (Å²) in [6.45, 7) is 0. The van der Waals surface area contributed by atoms with Gasteiger partial charge in [-0.1, -0.05) is 18.1 Å². The topological polar surface area (TPSA) is 29.4 Å². The van der Waals surface area contributed by atoms with Crippen LogP contribution in [0.3, 0.4) is 0 Å². The van der Waals surface area contributed by atoms with E-state index in [-0.39, 0.29) is 5.82 Å². The Balaban J connectivity index is 2.66. The Bertz CT molecular complexity index is 397. The molecule has 1 aromatic carbocycles. The molecule has 1 aromatic rings. The van der Waals surface area contributed by atoms with Crippen LogP contribution in [0.15, 0.2) is 29.3 Å². The SMILES string of the molecule is O=C=NC#CCc1cccc(F)c1. The van der Waals surface area contributed by atoms with Gasteiger partial charge in [0.2, 0.25) is 6.08 Å². The molecule has 13 heavy (non-hydrogen) atoms. The Morgan fingerprint density at radius 2 is 2.31 bits per heavy atom. The molecule has 64 valence electrons. The van der Waals surface area contributed by atoms with Crippen molar-refractivity contribution >= 4 is 6.08 Å². The van der Waals surface area contributed by atoms with Crippen LogP contribution in [0.25, 0.3) is 0 Å². The van der Waals surface area contributed by atoms with Gasteiger partial charge in [-0.05, 0) is 17.7 Å². The highest BCUT2D eigenvalue weighted by molar-refractivity contribution is 5.36. The maximum absolute atomic E-state index is 12.6. The zero-order chi connectivity index (χ0) is 9.52. The highest BCUT2D eigenvalue weighted by atomic mass is 19.1. The lowest BCUT2D eigenvalue weighted by Crippen LogP contribution is -1.82. The van der Waals surface area contributed by atoms with Gasteiger partial charge in [0.15, 0.2) is 0 Å². The monoisotopic (exact) mass is 175 g/mol. The van der Waals surface area contributed by atoms with E-state index in [0.717, 1.165) is 5.56 Å². The number of rotatable bonds is 1. The molecule has 0 aliphatic carbocycles. The number of carbonyl (C=O) groups excluding carboxylic acids is 1. The summed E-state index contributed by atoms with van der Waals surface area (Å²) in [6.07, 6.45) is 1.67. The van der Waals surface area contributed by atoms with Crippen LogP contribution in [-0.4, -0.2) is 6.08 Å². The number of halogens is 1. The van der Waals surface area contributed by atoms with Gasteiger partial charge < -0.3 is 0 Å². The smallest absolute Gasteiger partial charge is 0.210 e. The van der Waals surface area contributed by atoms with Gasteiger partial charge in [0.1, 0.15) is 5.82 Å². The minimum atomic E-state index is -0.293. The molecule has 0 amide bonds. The average Bonchev–Trinajstić information content (AvgIpc) is 2.13. The largest absolute Gasteiger partial charge is 0.249 e. The number of hydrogen-bond acceptors (Lipinski definition) is 2. The summed E-state index contributed by atoms with van der Waals surface area (Å²) in [7, 11) is 0. The van der Waals surface area contributed by atoms with E-state index in [9.17, 15) is 9.18 Å². The third kappa shape index (κ3) is 3.33. The standard InChI is InChI=1S/C10H6FNO/c11-10-5-1-3-9(7-10)4-2-6-12-8-13/h1,3,5,7H,4H2. The lowest BCUT2D eigenvalue weighted by molar-refractivity contribution is 0.565. The minimum absolute atomic E-state index is 0.293. The molecule has 0 radical (unpaired) electrons. The Hall–Kier alpha value is -1.91. The summed E-state index contributed by atoms with van der Waals surface area (Å²) in [5.41, 5.74) is 0.758. The Morgan fingerprint density at radius 3 is 3.00 bits per heavy atom. The second-order valence-electron chi connectivity index (χ2n) is 2.30. The van der Waals surface area contributed by atoms with Gasteiger partial charge >= 0.3 is 0 Å². The molecular weight excluding hydrogens is 169 g/mol. The second-order valence-corrected chi connectivity index (χ2v) is 2.30. The van der Waals surface area contributed by atoms with Crippen molar-refractivity contribution in [3.8, 4) is 12.0 Å². The molecule has 0 aliphatic heterocycles. The summed E-state index contributed by atoms with van der Waals surface area (Å²) in [5.74, 6) is 2.29. The van der Waals surface area contributed by atoms with E-state index in [2.05, 4.69) is 17.0 Å². The van der Waals surface area contributed by atoms with Crippen LogP contribution >= 0.6 is 0 Å². The number of hydrogen-bond donors (Lipinski definition) is 0. The van der Waals surface area contributed by atoms with Crippen molar-refractivity contribution in [2.24, 2.45) is 4.99 Å². The molecule has 1 rings (SSSR count). The van der Waals surface area contributed by atoms with Crippen LogP contribution in [0.2, 0.25) is 0 Å². The fraction of sp³-hybridized carbons (Fsp3) is 0.100. The summed E-state index contributed by atoms with van der Waals surface area (Å²) >= 11 is 0. The van der Waals surface area contributed by atoms with Crippen LogP contribution in [0.1, 0.15) is 5.56 Å². The summed E-state index contributed by atoms with van der Waals surface area (Å²) < 4.78 is 12.6. The minimum Gasteiger partial charge on any atom is -0.210 e. The maximum Gasteiger partial charge on any atom is 0.249 e. The molecule has 0 bridgehead atoms. The highest BCUT2D eigenvalue weighted by Crippen LogP contribution is 2.03. The lowest BCUT2D eigenvalue weighted by Gasteiger charge is -1.92. The Labute approximate surface area is 75.1 Å². The fourth-order valence-corrected chi connectivity index (χ4v) is 0.851. The van der Waals surface area contributed by atoms with Gasteiger partial charge in [0, 0.05) is 12.5 Å². The normalized spacial score (nSPS) is 8.08. The molecular formula is C10H6FNO. The van der Waals surface area contributed by atoms with Crippen molar-refractivity contribution in [1.82, 2.24) is 0 Å². The maximum atomic E-state index is 12.6. The van der Waals surface area contributed by atoms with Gasteiger partial charge in [-0.3, -0.25) is 0 Å². The van der Waals surface area contributed by atoms with Crippen molar-refractivity contribution < 1.29 is 9.18 Å². The molecule has 0 saturated heterocycles. The van der Waals surface area contributed by atoms with Gasteiger partial charge in [0.05, 0.1) is 0 Å². The molecule has 2 nitrogen and oxygen atoms in total. The molecule has 0 heterocycles. The highest BCUT2D eigenvalue weighted by Gasteiger charge is 1.91. The molecule has 0 aliphatic rings. The van der Waals surface area contributed by atoms with E-state index in [4.69, 9.17) is 0 Å². The first-order valence-electron chi connectivity index (χ1n) is 3.62. The van der Waals surface area contributed by atoms with Crippen molar-refractivity contribution in [1.29, 1.82) is 0 Å². The van der Waals surface area contributed by atoms with Gasteiger partial charge in [0.25, 0.3) is 0 Å². The average molecular weight is 175 g/mol. The predicted molar refractivity (Wildman–Crippen MR) is 46.0 cm³/mol. The third-order valence-electron chi connectivity index (χ3n) is 1.36. The van der Waals surface area contributed by atoms with E-state index in [1.54, 1.807) is 12.1 Å². The molecule has 0 unspecified atom stereocenters. The van der Waals surface area contributed by atoms with E-state index >= 15 is 0 Å². The van der Waals surface area contributed by atoms with Crippen molar-refractivity contribution in [2.75, 3.05) is 0 Å². The van der Waals surface area contributed by atoms with Gasteiger partial charge in [-0.25, -0.2) is 9.18 Å². The summed E-state index contributed by atoms with van der Waals surface area (Å²) in [5, 5.41) is 0. The number of aliphatic imine (C=N–C) groups is 1. The predicted octanol–water partition coefficient (Wildman–Crippen LogP) is 1.66. The van der Waals surface area contributed by atoms with Crippen LogP contribution < -0.4 is 0 Å². The Kier molecular flexibility index (Phi) is 3.44. The fourth-order valence-electron chi connectivity index (χ4n) is 0.851. The zero-order valence-corrected chi connectivity index (χ0v) is 6.75. The summed E-state index contributed by atoms with van der Waals surface area (Å²) in [6, 6.07) is 8.34. The molecule has 0 atom stereocenters. The lowest BCUT2D eigenvalue weighted by atomic mass is 10.1. The first-order valence-corrected chi connectivity index (χ1v) is 3.62. The third-order valence-corrected chi connectivity index (χ3v) is 1.36. The van der Waals surface area contributed by atoms with Gasteiger partial charge in [-0.15, -0.1) is 4.99 Å².